The van der Waals surface area contributed by atoms with Crippen molar-refractivity contribution in [2.45, 2.75) is 20.3 Å². The number of rotatable bonds is 6. The van der Waals surface area contributed by atoms with Crippen LogP contribution in [0.4, 0.5) is 17.1 Å². The minimum atomic E-state index is -0.625. The minimum absolute atomic E-state index is 0.00202. The number of phenolic OH excluding ortho intramolecular Hbond substituents is 1. The van der Waals surface area contributed by atoms with E-state index in [1.807, 2.05) is 0 Å². The van der Waals surface area contributed by atoms with Gasteiger partial charge in [-0.05, 0) is 37.3 Å². The molecule has 10 nitrogen and oxygen atoms in total. The Morgan fingerprint density at radius 2 is 1.90 bits per heavy atom. The van der Waals surface area contributed by atoms with Crippen LogP contribution in [0.25, 0.3) is 5.69 Å². The Labute approximate surface area is 164 Å². The van der Waals surface area contributed by atoms with Crippen LogP contribution in [0.3, 0.4) is 0 Å². The standard InChI is InChI=1S/C19H17N5O5/c1-3-16(25)12-4-6-13(7-5-12)23-19(27)18(11(2)22-23)21-20-15-10-14(24(28)29)8-9-17(15)26/h4-10,22,26H,3H2,1-2H3. The highest BCUT2D eigenvalue weighted by molar-refractivity contribution is 5.95. The van der Waals surface area contributed by atoms with Gasteiger partial charge in [0.2, 0.25) is 0 Å². The molecule has 0 saturated heterocycles. The maximum absolute atomic E-state index is 12.7. The predicted octanol–water partition coefficient (Wildman–Crippen LogP) is 4.10. The Hall–Kier alpha value is -4.08. The maximum atomic E-state index is 12.7. The number of benzene rings is 2. The average Bonchev–Trinajstić information content (AvgIpc) is 3.00. The normalized spacial score (nSPS) is 11.1. The number of Topliss-reactive ketones (excluding diaryl/α,β-unsaturated/α-hetero) is 1. The van der Waals surface area contributed by atoms with Crippen LogP contribution in [-0.4, -0.2) is 25.6 Å². The number of hydrogen-bond acceptors (Lipinski definition) is 7. The Kier molecular flexibility index (Phi) is 5.35. The molecule has 0 bridgehead atoms. The first-order valence-electron chi connectivity index (χ1n) is 8.66. The zero-order valence-corrected chi connectivity index (χ0v) is 15.6. The molecule has 0 atom stereocenters. The second kappa shape index (κ2) is 7.89. The molecule has 0 aliphatic rings. The number of H-pyrrole nitrogens is 1. The summed E-state index contributed by atoms with van der Waals surface area (Å²) in [5, 5.41) is 31.2. The largest absolute Gasteiger partial charge is 0.506 e. The molecule has 0 unspecified atom stereocenters. The van der Waals surface area contributed by atoms with Crippen LogP contribution < -0.4 is 5.56 Å². The van der Waals surface area contributed by atoms with E-state index in [-0.39, 0.29) is 28.6 Å². The smallest absolute Gasteiger partial charge is 0.299 e. The van der Waals surface area contributed by atoms with Crippen molar-refractivity contribution in [2.75, 3.05) is 0 Å². The number of azo groups is 1. The zero-order valence-electron chi connectivity index (χ0n) is 15.6. The van der Waals surface area contributed by atoms with Gasteiger partial charge in [-0.2, -0.15) is 0 Å². The summed E-state index contributed by atoms with van der Waals surface area (Å²) in [4.78, 5) is 34.7. The number of carbonyl (C=O) groups is 1. The Morgan fingerprint density at radius 1 is 1.21 bits per heavy atom. The quantitative estimate of drug-likeness (QED) is 0.279. The Bertz CT molecular complexity index is 1170. The molecule has 3 aromatic rings. The summed E-state index contributed by atoms with van der Waals surface area (Å²) >= 11 is 0. The molecule has 29 heavy (non-hydrogen) atoms. The number of aromatic amines is 1. The van der Waals surface area contributed by atoms with Gasteiger partial charge in [-0.15, -0.1) is 10.2 Å². The third-order valence-electron chi connectivity index (χ3n) is 4.24. The SMILES string of the molecule is CCC(=O)c1ccc(-n2[nH]c(C)c(N=Nc3cc([N+](=O)[O-])ccc3O)c2=O)cc1. The van der Waals surface area contributed by atoms with Crippen LogP contribution in [0.1, 0.15) is 29.4 Å². The monoisotopic (exact) mass is 395 g/mol. The van der Waals surface area contributed by atoms with Gasteiger partial charge in [0.15, 0.2) is 11.5 Å². The van der Waals surface area contributed by atoms with Crippen LogP contribution in [0.5, 0.6) is 5.75 Å². The van der Waals surface area contributed by atoms with Gasteiger partial charge in [0.1, 0.15) is 11.4 Å². The first-order valence-corrected chi connectivity index (χ1v) is 8.66. The number of aromatic hydroxyl groups is 1. The molecule has 3 rings (SSSR count). The molecule has 10 heteroatoms. The average molecular weight is 395 g/mol. The predicted molar refractivity (Wildman–Crippen MR) is 105 cm³/mol. The molecule has 0 radical (unpaired) electrons. The van der Waals surface area contributed by atoms with Gasteiger partial charge >= 0.3 is 0 Å². The van der Waals surface area contributed by atoms with Gasteiger partial charge in [-0.3, -0.25) is 24.8 Å². The Balaban J connectivity index is 1.95. The number of non-ortho nitro benzene ring substituents is 1. The highest BCUT2D eigenvalue weighted by Crippen LogP contribution is 2.31. The summed E-state index contributed by atoms with van der Waals surface area (Å²) in [7, 11) is 0. The van der Waals surface area contributed by atoms with Crippen LogP contribution in [-0.2, 0) is 0 Å². The molecule has 0 aliphatic carbocycles. The molecule has 0 fully saturated rings. The Morgan fingerprint density at radius 3 is 2.52 bits per heavy atom. The van der Waals surface area contributed by atoms with E-state index >= 15 is 0 Å². The van der Waals surface area contributed by atoms with E-state index in [1.165, 1.54) is 4.68 Å². The van der Waals surface area contributed by atoms with Gasteiger partial charge < -0.3 is 5.11 Å². The molecule has 0 saturated carbocycles. The van der Waals surface area contributed by atoms with Crippen molar-refractivity contribution in [3.8, 4) is 11.4 Å². The summed E-state index contributed by atoms with van der Waals surface area (Å²) in [6.07, 6.45) is 0.385. The fourth-order valence-electron chi connectivity index (χ4n) is 2.65. The summed E-state index contributed by atoms with van der Waals surface area (Å²) in [5.41, 5.74) is 0.571. The molecule has 0 aliphatic heterocycles. The van der Waals surface area contributed by atoms with E-state index in [1.54, 1.807) is 38.1 Å². The molecule has 0 spiro atoms. The van der Waals surface area contributed by atoms with Crippen molar-refractivity contribution >= 4 is 22.8 Å². The number of nitrogens with one attached hydrogen (secondary N) is 1. The molecular weight excluding hydrogens is 378 g/mol. The lowest BCUT2D eigenvalue weighted by atomic mass is 10.1. The van der Waals surface area contributed by atoms with Gasteiger partial charge in [0.25, 0.3) is 11.2 Å². The lowest BCUT2D eigenvalue weighted by Crippen LogP contribution is -2.14. The van der Waals surface area contributed by atoms with Crippen molar-refractivity contribution in [2.24, 2.45) is 10.2 Å². The third kappa shape index (κ3) is 3.95. The number of ketones is 1. The molecule has 148 valence electrons. The molecule has 1 heterocycles. The maximum Gasteiger partial charge on any atom is 0.299 e. The van der Waals surface area contributed by atoms with Gasteiger partial charge in [0, 0.05) is 24.1 Å². The van der Waals surface area contributed by atoms with Crippen molar-refractivity contribution in [1.29, 1.82) is 0 Å². The number of carbonyl (C=O) groups excluding carboxylic acids is 1. The van der Waals surface area contributed by atoms with Crippen LogP contribution >= 0.6 is 0 Å². The minimum Gasteiger partial charge on any atom is -0.506 e. The van der Waals surface area contributed by atoms with Crippen LogP contribution in [0.2, 0.25) is 0 Å². The molecule has 0 amide bonds. The van der Waals surface area contributed by atoms with E-state index in [0.717, 1.165) is 18.2 Å². The number of hydrogen-bond donors (Lipinski definition) is 2. The number of aryl methyl sites for hydroxylation is 1. The molecule has 1 aromatic heterocycles. The van der Waals surface area contributed by atoms with E-state index in [4.69, 9.17) is 0 Å². The molecule has 2 N–H and O–H groups in total. The van der Waals surface area contributed by atoms with E-state index in [0.29, 0.717) is 23.4 Å². The highest BCUT2D eigenvalue weighted by Gasteiger charge is 2.14. The number of phenols is 1. The summed E-state index contributed by atoms with van der Waals surface area (Å²) in [6, 6.07) is 9.85. The number of nitro groups is 1. The fourth-order valence-corrected chi connectivity index (χ4v) is 2.65. The number of aromatic nitrogens is 2. The summed E-state index contributed by atoms with van der Waals surface area (Å²) in [6.45, 7) is 3.39. The van der Waals surface area contributed by atoms with Crippen molar-refractivity contribution in [1.82, 2.24) is 9.78 Å². The van der Waals surface area contributed by atoms with Crippen molar-refractivity contribution in [3.05, 3.63) is 74.2 Å². The summed E-state index contributed by atoms with van der Waals surface area (Å²) in [5.74, 6) is -0.304. The second-order valence-corrected chi connectivity index (χ2v) is 6.18. The van der Waals surface area contributed by atoms with Gasteiger partial charge in [0.05, 0.1) is 16.3 Å². The zero-order chi connectivity index (χ0) is 21.1. The lowest BCUT2D eigenvalue weighted by Gasteiger charge is -2.03. The van der Waals surface area contributed by atoms with Crippen molar-refractivity contribution in [3.63, 3.8) is 0 Å². The second-order valence-electron chi connectivity index (χ2n) is 6.18. The van der Waals surface area contributed by atoms with Crippen LogP contribution in [0, 0.1) is 17.0 Å². The summed E-state index contributed by atoms with van der Waals surface area (Å²) < 4.78 is 1.25. The van der Waals surface area contributed by atoms with E-state index < -0.39 is 10.5 Å². The first kappa shape index (κ1) is 19.7. The van der Waals surface area contributed by atoms with E-state index in [9.17, 15) is 24.8 Å². The lowest BCUT2D eigenvalue weighted by molar-refractivity contribution is -0.384. The fraction of sp³-hybridized carbons (Fsp3) is 0.158. The molecular formula is C19H17N5O5. The van der Waals surface area contributed by atoms with Gasteiger partial charge in [-0.25, -0.2) is 4.68 Å². The first-order chi connectivity index (χ1) is 13.8. The van der Waals surface area contributed by atoms with Crippen LogP contribution in [0.15, 0.2) is 57.5 Å². The van der Waals surface area contributed by atoms with Crippen molar-refractivity contribution < 1.29 is 14.8 Å². The van der Waals surface area contributed by atoms with E-state index in [2.05, 4.69) is 15.3 Å². The molecule has 2 aromatic carbocycles. The number of nitrogens with zero attached hydrogens (tertiary/aromatic N) is 4. The topological polar surface area (TPSA) is 143 Å². The highest BCUT2D eigenvalue weighted by atomic mass is 16.6. The third-order valence-corrected chi connectivity index (χ3v) is 4.24. The number of nitro benzene ring substituents is 1. The van der Waals surface area contributed by atoms with Gasteiger partial charge in [-0.1, -0.05) is 6.92 Å².